The van der Waals surface area contributed by atoms with Gasteiger partial charge in [0, 0.05) is 30.2 Å². The van der Waals surface area contributed by atoms with Crippen molar-refractivity contribution in [2.24, 2.45) is 0 Å². The molecule has 0 saturated carbocycles. The smallest absolute Gasteiger partial charge is 0.166 e. The van der Waals surface area contributed by atoms with Crippen molar-refractivity contribution < 1.29 is 13.2 Å². The Balaban J connectivity index is 2.90. The maximum atomic E-state index is 12.0. The fourth-order valence-corrected chi connectivity index (χ4v) is 5.12. The van der Waals surface area contributed by atoms with E-state index in [1.807, 2.05) is 18.7 Å². The SMILES string of the molecule is CCC(=O)C(C)N1CCSCC1S(=O)(=O)CC. The summed E-state index contributed by atoms with van der Waals surface area (Å²) < 4.78 is 24.0. The van der Waals surface area contributed by atoms with Crippen LogP contribution in [0.15, 0.2) is 0 Å². The molecule has 1 aliphatic heterocycles. The Hall–Kier alpha value is -0.0700. The van der Waals surface area contributed by atoms with Crippen LogP contribution in [0, 0.1) is 0 Å². The lowest BCUT2D eigenvalue weighted by Gasteiger charge is -2.38. The van der Waals surface area contributed by atoms with Crippen LogP contribution in [-0.4, -0.2) is 54.3 Å². The van der Waals surface area contributed by atoms with E-state index < -0.39 is 15.2 Å². The minimum absolute atomic E-state index is 0.119. The summed E-state index contributed by atoms with van der Waals surface area (Å²) in [6, 6.07) is -0.285. The fraction of sp³-hybridized carbons (Fsp3) is 0.909. The molecule has 0 aromatic rings. The van der Waals surface area contributed by atoms with Gasteiger partial charge >= 0.3 is 0 Å². The standard InChI is InChI=1S/C11H21NO3S2/c1-4-10(13)9(3)12-6-7-16-8-11(12)17(14,15)5-2/h9,11H,4-8H2,1-3H3. The molecule has 0 aromatic heterocycles. The highest BCUT2D eigenvalue weighted by atomic mass is 32.2. The van der Waals surface area contributed by atoms with E-state index in [-0.39, 0.29) is 17.6 Å². The van der Waals surface area contributed by atoms with Crippen molar-refractivity contribution in [3.63, 3.8) is 0 Å². The lowest BCUT2D eigenvalue weighted by atomic mass is 10.1. The molecule has 1 saturated heterocycles. The third-order valence-electron chi connectivity index (χ3n) is 3.25. The molecule has 2 atom stereocenters. The normalized spacial score (nSPS) is 24.5. The molecule has 6 heteroatoms. The molecule has 1 rings (SSSR count). The average molecular weight is 279 g/mol. The molecule has 0 N–H and O–H groups in total. The van der Waals surface area contributed by atoms with Gasteiger partial charge in [-0.05, 0) is 6.92 Å². The number of hydrogen-bond acceptors (Lipinski definition) is 5. The average Bonchev–Trinajstić information content (AvgIpc) is 2.36. The minimum Gasteiger partial charge on any atom is -0.298 e. The highest BCUT2D eigenvalue weighted by molar-refractivity contribution is 8.01. The number of carbonyl (C=O) groups excluding carboxylic acids is 1. The third-order valence-corrected chi connectivity index (χ3v) is 6.56. The molecule has 0 amide bonds. The number of Topliss-reactive ketones (excluding diaryl/α,β-unsaturated/α-hetero) is 1. The van der Waals surface area contributed by atoms with Crippen molar-refractivity contribution in [1.82, 2.24) is 4.90 Å². The van der Waals surface area contributed by atoms with E-state index in [9.17, 15) is 13.2 Å². The van der Waals surface area contributed by atoms with E-state index in [1.54, 1.807) is 18.7 Å². The molecule has 17 heavy (non-hydrogen) atoms. The van der Waals surface area contributed by atoms with Crippen molar-refractivity contribution in [1.29, 1.82) is 0 Å². The molecule has 0 radical (unpaired) electrons. The summed E-state index contributed by atoms with van der Waals surface area (Å²) in [7, 11) is -3.10. The van der Waals surface area contributed by atoms with E-state index in [2.05, 4.69) is 0 Å². The van der Waals surface area contributed by atoms with Gasteiger partial charge in [0.05, 0.1) is 6.04 Å². The van der Waals surface area contributed by atoms with Gasteiger partial charge in [0.25, 0.3) is 0 Å². The highest BCUT2D eigenvalue weighted by Gasteiger charge is 2.36. The fourth-order valence-electron chi connectivity index (χ4n) is 2.02. The van der Waals surface area contributed by atoms with Gasteiger partial charge in [-0.15, -0.1) is 0 Å². The Kier molecular flexibility index (Phi) is 5.47. The number of sulfone groups is 1. The second-order valence-corrected chi connectivity index (χ2v) is 7.81. The first kappa shape index (κ1) is 15.0. The van der Waals surface area contributed by atoms with Crippen molar-refractivity contribution >= 4 is 27.4 Å². The maximum Gasteiger partial charge on any atom is 0.166 e. The Morgan fingerprint density at radius 1 is 1.47 bits per heavy atom. The molecule has 100 valence electrons. The third kappa shape index (κ3) is 3.45. The van der Waals surface area contributed by atoms with Crippen LogP contribution in [0.25, 0.3) is 0 Å². The van der Waals surface area contributed by atoms with Crippen molar-refractivity contribution in [3.05, 3.63) is 0 Å². The van der Waals surface area contributed by atoms with E-state index in [0.29, 0.717) is 18.7 Å². The first-order valence-corrected chi connectivity index (χ1v) is 8.88. The zero-order valence-corrected chi connectivity index (χ0v) is 12.3. The second-order valence-electron chi connectivity index (χ2n) is 4.21. The lowest BCUT2D eigenvalue weighted by Crippen LogP contribution is -2.53. The first-order chi connectivity index (χ1) is 7.94. The quantitative estimate of drug-likeness (QED) is 0.756. The van der Waals surface area contributed by atoms with Gasteiger partial charge in [-0.2, -0.15) is 11.8 Å². The van der Waals surface area contributed by atoms with Crippen LogP contribution in [0.3, 0.4) is 0 Å². The van der Waals surface area contributed by atoms with Crippen molar-refractivity contribution in [2.45, 2.75) is 38.6 Å². The highest BCUT2D eigenvalue weighted by Crippen LogP contribution is 2.24. The summed E-state index contributed by atoms with van der Waals surface area (Å²) in [6.45, 7) is 5.99. The van der Waals surface area contributed by atoms with Gasteiger partial charge in [-0.1, -0.05) is 13.8 Å². The zero-order chi connectivity index (χ0) is 13.1. The first-order valence-electron chi connectivity index (χ1n) is 6.01. The monoisotopic (exact) mass is 279 g/mol. The molecule has 0 aromatic carbocycles. The Morgan fingerprint density at radius 3 is 2.65 bits per heavy atom. The van der Waals surface area contributed by atoms with E-state index >= 15 is 0 Å². The molecule has 1 heterocycles. The molecular formula is C11H21NO3S2. The van der Waals surface area contributed by atoms with Gasteiger partial charge in [-0.3, -0.25) is 9.69 Å². The Bertz CT molecular complexity index is 367. The second kappa shape index (κ2) is 6.20. The van der Waals surface area contributed by atoms with Gasteiger partial charge < -0.3 is 0 Å². The van der Waals surface area contributed by atoms with Crippen LogP contribution in [-0.2, 0) is 14.6 Å². The largest absolute Gasteiger partial charge is 0.298 e. The summed E-state index contributed by atoms with van der Waals surface area (Å²) in [4.78, 5) is 13.6. The number of rotatable bonds is 5. The molecule has 0 bridgehead atoms. The van der Waals surface area contributed by atoms with E-state index in [0.717, 1.165) is 5.75 Å². The summed E-state index contributed by atoms with van der Waals surface area (Å²) >= 11 is 1.65. The summed E-state index contributed by atoms with van der Waals surface area (Å²) in [6.07, 6.45) is 0.462. The van der Waals surface area contributed by atoms with E-state index in [1.165, 1.54) is 0 Å². The van der Waals surface area contributed by atoms with Crippen LogP contribution in [0.2, 0.25) is 0 Å². The minimum atomic E-state index is -3.10. The summed E-state index contributed by atoms with van der Waals surface area (Å²) in [5.74, 6) is 1.74. The summed E-state index contributed by atoms with van der Waals surface area (Å²) in [5.41, 5.74) is 0. The molecule has 1 fully saturated rings. The topological polar surface area (TPSA) is 54.5 Å². The molecule has 0 aliphatic carbocycles. The number of ketones is 1. The van der Waals surface area contributed by atoms with Gasteiger partial charge in [0.1, 0.15) is 11.2 Å². The maximum absolute atomic E-state index is 12.0. The van der Waals surface area contributed by atoms with Crippen LogP contribution in [0.1, 0.15) is 27.2 Å². The van der Waals surface area contributed by atoms with E-state index in [4.69, 9.17) is 0 Å². The molecular weight excluding hydrogens is 258 g/mol. The molecule has 1 aliphatic rings. The van der Waals surface area contributed by atoms with Gasteiger partial charge in [0.2, 0.25) is 0 Å². The van der Waals surface area contributed by atoms with Crippen LogP contribution in [0.5, 0.6) is 0 Å². The molecule has 4 nitrogen and oxygen atoms in total. The number of thioether (sulfide) groups is 1. The zero-order valence-electron chi connectivity index (χ0n) is 10.7. The van der Waals surface area contributed by atoms with Gasteiger partial charge in [-0.25, -0.2) is 8.42 Å². The number of nitrogens with zero attached hydrogens (tertiary/aromatic N) is 1. The predicted octanol–water partition coefficient (Wildman–Crippen LogP) is 1.16. The van der Waals surface area contributed by atoms with Crippen molar-refractivity contribution in [3.8, 4) is 0 Å². The number of carbonyl (C=O) groups is 1. The summed E-state index contributed by atoms with van der Waals surface area (Å²) in [5, 5.41) is -0.489. The van der Waals surface area contributed by atoms with Crippen LogP contribution in [0.4, 0.5) is 0 Å². The Morgan fingerprint density at radius 2 is 2.12 bits per heavy atom. The Labute approximate surface area is 108 Å². The van der Waals surface area contributed by atoms with Crippen LogP contribution >= 0.6 is 11.8 Å². The number of hydrogen-bond donors (Lipinski definition) is 0. The molecule has 2 unspecified atom stereocenters. The van der Waals surface area contributed by atoms with Crippen molar-refractivity contribution in [2.75, 3.05) is 23.8 Å². The predicted molar refractivity (Wildman–Crippen MR) is 72.0 cm³/mol. The lowest BCUT2D eigenvalue weighted by molar-refractivity contribution is -0.123. The molecule has 0 spiro atoms. The van der Waals surface area contributed by atoms with Gasteiger partial charge in [0.15, 0.2) is 9.84 Å². The van der Waals surface area contributed by atoms with Crippen LogP contribution < -0.4 is 0 Å².